The van der Waals surface area contributed by atoms with Gasteiger partial charge in [0.2, 0.25) is 0 Å². The number of hydrogen-bond acceptors (Lipinski definition) is 1. The summed E-state index contributed by atoms with van der Waals surface area (Å²) in [5, 5.41) is 0.725. The van der Waals surface area contributed by atoms with Crippen LogP contribution in [0.5, 0.6) is 0 Å². The first-order valence-electron chi connectivity index (χ1n) is 3.46. The van der Waals surface area contributed by atoms with E-state index in [-0.39, 0.29) is 4.71 Å². The van der Waals surface area contributed by atoms with Crippen LogP contribution in [-0.4, -0.2) is 9.96 Å². The van der Waals surface area contributed by atoms with Crippen LogP contribution >= 0.6 is 23.4 Å². The van der Waals surface area contributed by atoms with Gasteiger partial charge in [-0.05, 0) is 13.3 Å². The van der Waals surface area contributed by atoms with Crippen LogP contribution < -0.4 is 0 Å². The minimum Gasteiger partial charge on any atom is -0.139 e. The monoisotopic (exact) mass is 166 g/mol. The predicted octanol–water partition coefficient (Wildman–Crippen LogP) is 3.49. The Morgan fingerprint density at radius 2 is 2.00 bits per heavy atom. The Hall–Kier alpha value is 0.640. The van der Waals surface area contributed by atoms with Gasteiger partial charge in [-0.2, -0.15) is 0 Å². The van der Waals surface area contributed by atoms with E-state index in [1.54, 1.807) is 0 Å². The van der Waals surface area contributed by atoms with Crippen LogP contribution in [0.25, 0.3) is 0 Å². The van der Waals surface area contributed by atoms with Crippen molar-refractivity contribution in [3.8, 4) is 0 Å². The second kappa shape index (κ2) is 5.43. The summed E-state index contributed by atoms with van der Waals surface area (Å²) in [6.45, 7) is 6.46. The lowest BCUT2D eigenvalue weighted by Gasteiger charge is -2.09. The quantitative estimate of drug-likeness (QED) is 0.577. The number of rotatable bonds is 4. The van der Waals surface area contributed by atoms with Crippen molar-refractivity contribution < 1.29 is 0 Å². The van der Waals surface area contributed by atoms with Gasteiger partial charge in [0.1, 0.15) is 0 Å². The minimum absolute atomic E-state index is 0.270. The van der Waals surface area contributed by atoms with E-state index in [4.69, 9.17) is 11.6 Å². The number of hydrogen-bond donors (Lipinski definition) is 0. The first kappa shape index (κ1) is 9.64. The molecule has 0 spiro atoms. The summed E-state index contributed by atoms with van der Waals surface area (Å²) in [4.78, 5) is 0. The summed E-state index contributed by atoms with van der Waals surface area (Å²) < 4.78 is 0.270. The molecule has 0 amide bonds. The molecule has 0 nitrogen and oxygen atoms in total. The molecule has 0 aliphatic heterocycles. The van der Waals surface area contributed by atoms with Crippen molar-refractivity contribution in [2.24, 2.45) is 0 Å². The molecular formula is C7H15ClS. The van der Waals surface area contributed by atoms with Gasteiger partial charge in [-0.15, -0.1) is 23.4 Å². The van der Waals surface area contributed by atoms with E-state index in [0.29, 0.717) is 0 Å². The predicted molar refractivity (Wildman–Crippen MR) is 47.3 cm³/mol. The molecule has 0 radical (unpaired) electrons. The molecule has 2 atom stereocenters. The average molecular weight is 167 g/mol. The molecule has 0 N–H and O–H groups in total. The minimum atomic E-state index is 0.270. The summed E-state index contributed by atoms with van der Waals surface area (Å²) in [6, 6.07) is 0. The number of thioether (sulfide) groups is 1. The summed E-state index contributed by atoms with van der Waals surface area (Å²) in [7, 11) is 0. The van der Waals surface area contributed by atoms with Crippen LogP contribution in [0.3, 0.4) is 0 Å². The van der Waals surface area contributed by atoms with Crippen LogP contribution in [0, 0.1) is 0 Å². The summed E-state index contributed by atoms with van der Waals surface area (Å²) in [5.41, 5.74) is 0. The lowest BCUT2D eigenvalue weighted by Crippen LogP contribution is -1.98. The molecule has 56 valence electrons. The van der Waals surface area contributed by atoms with Gasteiger partial charge in [0.15, 0.2) is 0 Å². The summed E-state index contributed by atoms with van der Waals surface area (Å²) in [6.07, 6.45) is 2.54. The summed E-state index contributed by atoms with van der Waals surface area (Å²) in [5.74, 6) is 0. The number of halogens is 1. The standard InChI is InChI=1S/C7H15ClS/c1-4-5-6(2)9-7(3)8/h6-7H,4-5H2,1-3H3. The van der Waals surface area contributed by atoms with E-state index in [1.165, 1.54) is 12.8 Å². The third-order valence-electron chi connectivity index (χ3n) is 1.12. The fourth-order valence-electron chi connectivity index (χ4n) is 0.795. The maximum absolute atomic E-state index is 5.77. The van der Waals surface area contributed by atoms with Gasteiger partial charge in [0, 0.05) is 5.25 Å². The van der Waals surface area contributed by atoms with Gasteiger partial charge in [0.25, 0.3) is 0 Å². The normalized spacial score (nSPS) is 17.3. The van der Waals surface area contributed by atoms with Gasteiger partial charge in [-0.1, -0.05) is 20.3 Å². The molecule has 0 rings (SSSR count). The Morgan fingerprint density at radius 1 is 1.44 bits per heavy atom. The molecule has 0 aromatic rings. The third-order valence-corrected chi connectivity index (χ3v) is 2.50. The molecule has 2 heteroatoms. The Morgan fingerprint density at radius 3 is 2.33 bits per heavy atom. The van der Waals surface area contributed by atoms with Gasteiger partial charge in [0.05, 0.1) is 4.71 Å². The Kier molecular flexibility index (Phi) is 5.81. The zero-order chi connectivity index (χ0) is 7.28. The lowest BCUT2D eigenvalue weighted by atomic mass is 10.3. The highest BCUT2D eigenvalue weighted by Gasteiger charge is 2.03. The maximum atomic E-state index is 5.77. The highest BCUT2D eigenvalue weighted by molar-refractivity contribution is 8.01. The smallest absolute Gasteiger partial charge is 0.0763 e. The van der Waals surface area contributed by atoms with Crippen LogP contribution in [0.4, 0.5) is 0 Å². The molecule has 0 aliphatic rings. The van der Waals surface area contributed by atoms with Gasteiger partial charge < -0.3 is 0 Å². The molecular weight excluding hydrogens is 152 g/mol. The van der Waals surface area contributed by atoms with Crippen molar-refractivity contribution in [1.82, 2.24) is 0 Å². The van der Waals surface area contributed by atoms with Crippen molar-refractivity contribution >= 4 is 23.4 Å². The van der Waals surface area contributed by atoms with E-state index in [9.17, 15) is 0 Å². The molecule has 0 saturated carbocycles. The number of alkyl halides is 1. The average Bonchev–Trinajstić information content (AvgIpc) is 1.63. The lowest BCUT2D eigenvalue weighted by molar-refractivity contribution is 0.786. The molecule has 0 aliphatic carbocycles. The second-order valence-corrected chi connectivity index (χ2v) is 4.98. The zero-order valence-electron chi connectivity index (χ0n) is 6.36. The molecule has 0 saturated heterocycles. The van der Waals surface area contributed by atoms with E-state index >= 15 is 0 Å². The molecule has 0 fully saturated rings. The third kappa shape index (κ3) is 6.53. The van der Waals surface area contributed by atoms with Crippen molar-refractivity contribution in [1.29, 1.82) is 0 Å². The molecule has 0 aromatic carbocycles. The summed E-state index contributed by atoms with van der Waals surface area (Å²) >= 11 is 7.62. The van der Waals surface area contributed by atoms with Crippen LogP contribution in [0.15, 0.2) is 0 Å². The van der Waals surface area contributed by atoms with Crippen LogP contribution in [0.2, 0.25) is 0 Å². The van der Waals surface area contributed by atoms with Crippen molar-refractivity contribution in [3.63, 3.8) is 0 Å². The molecule has 0 bridgehead atoms. The maximum Gasteiger partial charge on any atom is 0.0763 e. The van der Waals surface area contributed by atoms with Crippen LogP contribution in [0.1, 0.15) is 33.6 Å². The van der Waals surface area contributed by atoms with E-state index in [0.717, 1.165) is 5.25 Å². The molecule has 0 aromatic heterocycles. The van der Waals surface area contributed by atoms with E-state index in [2.05, 4.69) is 13.8 Å². The SMILES string of the molecule is CCCC(C)SC(C)Cl. The van der Waals surface area contributed by atoms with Gasteiger partial charge >= 0.3 is 0 Å². The van der Waals surface area contributed by atoms with Gasteiger partial charge in [-0.25, -0.2) is 0 Å². The Labute approximate surface area is 67.4 Å². The van der Waals surface area contributed by atoms with Crippen LogP contribution in [-0.2, 0) is 0 Å². The highest BCUT2D eigenvalue weighted by atomic mass is 35.5. The highest BCUT2D eigenvalue weighted by Crippen LogP contribution is 2.22. The second-order valence-electron chi connectivity index (χ2n) is 2.28. The van der Waals surface area contributed by atoms with E-state index in [1.807, 2.05) is 18.7 Å². The largest absolute Gasteiger partial charge is 0.139 e. The van der Waals surface area contributed by atoms with E-state index < -0.39 is 0 Å². The Balaban J connectivity index is 3.15. The first-order valence-corrected chi connectivity index (χ1v) is 4.84. The topological polar surface area (TPSA) is 0 Å². The fourth-order valence-corrected chi connectivity index (χ4v) is 2.33. The van der Waals surface area contributed by atoms with Gasteiger partial charge in [-0.3, -0.25) is 0 Å². The zero-order valence-corrected chi connectivity index (χ0v) is 7.93. The molecule has 0 heterocycles. The van der Waals surface area contributed by atoms with Crippen molar-refractivity contribution in [2.45, 2.75) is 43.6 Å². The Bertz CT molecular complexity index is 63.9. The van der Waals surface area contributed by atoms with Crippen molar-refractivity contribution in [2.75, 3.05) is 0 Å². The molecule has 9 heavy (non-hydrogen) atoms. The van der Waals surface area contributed by atoms with Crippen molar-refractivity contribution in [3.05, 3.63) is 0 Å². The fraction of sp³-hybridized carbons (Fsp3) is 1.00. The first-order chi connectivity index (χ1) is 4.16. The molecule has 2 unspecified atom stereocenters.